The summed E-state index contributed by atoms with van der Waals surface area (Å²) >= 11 is 1.43. The van der Waals surface area contributed by atoms with Gasteiger partial charge in [0.15, 0.2) is 0 Å². The number of hydrogen-bond donors (Lipinski definition) is 1. The molecule has 6 heteroatoms. The van der Waals surface area contributed by atoms with Gasteiger partial charge in [-0.15, -0.1) is 11.3 Å². The number of nitrogens with two attached hydrogens (primary N) is 1. The Morgan fingerprint density at radius 1 is 1.27 bits per heavy atom. The van der Waals surface area contributed by atoms with Gasteiger partial charge in [0.2, 0.25) is 0 Å². The zero-order valence-corrected chi connectivity index (χ0v) is 14.4. The van der Waals surface area contributed by atoms with E-state index in [2.05, 4.69) is 11.8 Å². The molecule has 1 aliphatic rings. The Hall–Kier alpha value is -1.13. The number of allylic oxidation sites excluding steroid dienone is 1. The fraction of sp³-hybridized carbons (Fsp3) is 0.500. The zero-order chi connectivity index (χ0) is 16.5. The van der Waals surface area contributed by atoms with Crippen LogP contribution in [0.5, 0.6) is 0 Å². The van der Waals surface area contributed by atoms with Crippen LogP contribution in [0, 0.1) is 11.8 Å². The third kappa shape index (κ3) is 3.28. The van der Waals surface area contributed by atoms with Gasteiger partial charge in [0.25, 0.3) is 0 Å². The molecule has 1 fully saturated rings. The molecule has 0 spiro atoms. The Morgan fingerprint density at radius 2 is 1.86 bits per heavy atom. The van der Waals surface area contributed by atoms with E-state index in [0.29, 0.717) is 12.1 Å². The third-order valence-electron chi connectivity index (χ3n) is 4.11. The van der Waals surface area contributed by atoms with Gasteiger partial charge in [0.1, 0.15) is 5.73 Å². The summed E-state index contributed by atoms with van der Waals surface area (Å²) in [5.41, 5.74) is 4.38. The fourth-order valence-electron chi connectivity index (χ4n) is 1.99. The van der Waals surface area contributed by atoms with Gasteiger partial charge in [0, 0.05) is 4.88 Å². The summed E-state index contributed by atoms with van der Waals surface area (Å²) in [6.07, 6.45) is 0. The Balaban J connectivity index is 2.25. The largest absolute Gasteiger partial charge is 0.525 e. The second-order valence-corrected chi connectivity index (χ2v) is 7.31. The maximum Gasteiger partial charge on any atom is 0.525 e. The molecule has 0 saturated carbocycles. The molecule has 1 saturated heterocycles. The molecule has 1 aliphatic heterocycles. The second kappa shape index (κ2) is 6.17. The Kier molecular flexibility index (Phi) is 4.83. The molecule has 118 valence electrons. The van der Waals surface area contributed by atoms with E-state index in [0.717, 1.165) is 9.75 Å². The molecular weight excluding hydrogens is 300 g/mol. The van der Waals surface area contributed by atoms with Crippen LogP contribution in [-0.2, 0) is 9.31 Å². The summed E-state index contributed by atoms with van der Waals surface area (Å²) in [5.74, 6) is 5.74. The van der Waals surface area contributed by atoms with Crippen molar-refractivity contribution in [3.8, 4) is 11.8 Å². The lowest BCUT2D eigenvalue weighted by Crippen LogP contribution is -2.41. The average Bonchev–Trinajstić information content (AvgIpc) is 2.98. The molecule has 0 unspecified atom stereocenters. The molecule has 2 rings (SSSR count). The maximum absolute atomic E-state index is 14.7. The third-order valence-corrected chi connectivity index (χ3v) is 5.23. The molecule has 0 amide bonds. The van der Waals surface area contributed by atoms with Gasteiger partial charge in [-0.25, -0.2) is 4.39 Å². The average molecular weight is 321 g/mol. The van der Waals surface area contributed by atoms with E-state index in [4.69, 9.17) is 15.0 Å². The van der Waals surface area contributed by atoms with Gasteiger partial charge in [-0.2, -0.15) is 0 Å². The quantitative estimate of drug-likeness (QED) is 0.671. The van der Waals surface area contributed by atoms with Crippen molar-refractivity contribution >= 4 is 24.0 Å². The van der Waals surface area contributed by atoms with Gasteiger partial charge in [0.05, 0.1) is 22.6 Å². The van der Waals surface area contributed by atoms with Gasteiger partial charge >= 0.3 is 7.12 Å². The molecule has 1 aromatic rings. The molecule has 1 aromatic heterocycles. The van der Waals surface area contributed by atoms with Crippen LogP contribution in [0.2, 0.25) is 0 Å². The van der Waals surface area contributed by atoms with Crippen molar-refractivity contribution < 1.29 is 13.7 Å². The second-order valence-electron chi connectivity index (χ2n) is 6.23. The minimum Gasteiger partial charge on any atom is -0.398 e. The first kappa shape index (κ1) is 17.2. The summed E-state index contributed by atoms with van der Waals surface area (Å²) in [7, 11) is -0.967. The molecule has 2 N–H and O–H groups in total. The lowest BCUT2D eigenvalue weighted by atomic mass is 9.84. The lowest BCUT2D eigenvalue weighted by molar-refractivity contribution is 0.00578. The predicted molar refractivity (Wildman–Crippen MR) is 90.0 cm³/mol. The number of halogens is 1. The normalized spacial score (nSPS) is 20.4. The Morgan fingerprint density at radius 3 is 2.41 bits per heavy atom. The molecule has 22 heavy (non-hydrogen) atoms. The maximum atomic E-state index is 14.7. The summed E-state index contributed by atoms with van der Waals surface area (Å²) in [4.78, 5) is 1.68. The highest BCUT2D eigenvalue weighted by Crippen LogP contribution is 2.40. The molecule has 3 nitrogen and oxygen atoms in total. The standard InChI is InChI=1S/C16H21BFNO2S/c1-11(13-9-8-12(22-13)7-6-10-19)14(18)17-20-15(2,3)16(4,5)21-17/h8-9H,10,19H2,1-5H3. The van der Waals surface area contributed by atoms with E-state index in [-0.39, 0.29) is 5.73 Å². The SMILES string of the molecule is CC(=C(F)B1OC(C)(C)C(C)(C)O1)c1ccc(C#CCN)s1. The van der Waals surface area contributed by atoms with Crippen molar-refractivity contribution in [1.29, 1.82) is 0 Å². The molecule has 0 radical (unpaired) electrons. The number of thiophene rings is 1. The first-order valence-corrected chi connectivity index (χ1v) is 8.00. The van der Waals surface area contributed by atoms with Crippen LogP contribution in [0.25, 0.3) is 5.57 Å². The van der Waals surface area contributed by atoms with Crippen LogP contribution >= 0.6 is 11.3 Å². The van der Waals surface area contributed by atoms with Crippen molar-refractivity contribution in [2.24, 2.45) is 5.73 Å². The van der Waals surface area contributed by atoms with Crippen molar-refractivity contribution in [2.75, 3.05) is 6.54 Å². The van der Waals surface area contributed by atoms with Crippen LogP contribution in [0.15, 0.2) is 17.9 Å². The van der Waals surface area contributed by atoms with E-state index < -0.39 is 18.3 Å². The zero-order valence-electron chi connectivity index (χ0n) is 13.6. The lowest BCUT2D eigenvalue weighted by Gasteiger charge is -2.32. The van der Waals surface area contributed by atoms with Crippen LogP contribution in [0.3, 0.4) is 0 Å². The highest BCUT2D eigenvalue weighted by molar-refractivity contribution is 7.13. The van der Waals surface area contributed by atoms with E-state index in [1.807, 2.05) is 39.8 Å². The van der Waals surface area contributed by atoms with Gasteiger partial charge in [-0.3, -0.25) is 0 Å². The van der Waals surface area contributed by atoms with E-state index in [9.17, 15) is 4.39 Å². The minimum atomic E-state index is -0.967. The van der Waals surface area contributed by atoms with Crippen molar-refractivity contribution in [3.05, 3.63) is 27.6 Å². The smallest absolute Gasteiger partial charge is 0.398 e. The van der Waals surface area contributed by atoms with Crippen LogP contribution in [0.1, 0.15) is 44.4 Å². The minimum absolute atomic E-state index is 0.310. The first-order chi connectivity index (χ1) is 10.2. The predicted octanol–water partition coefficient (Wildman–Crippen LogP) is 3.39. The van der Waals surface area contributed by atoms with E-state index in [1.165, 1.54) is 11.3 Å². The Labute approximate surface area is 135 Å². The van der Waals surface area contributed by atoms with Crippen molar-refractivity contribution in [1.82, 2.24) is 0 Å². The molecule has 0 aromatic carbocycles. The van der Waals surface area contributed by atoms with Gasteiger partial charge in [-0.05, 0) is 52.3 Å². The highest BCUT2D eigenvalue weighted by Gasteiger charge is 2.53. The van der Waals surface area contributed by atoms with E-state index >= 15 is 0 Å². The molecule has 0 bridgehead atoms. The molecule has 0 atom stereocenters. The first-order valence-electron chi connectivity index (χ1n) is 7.19. The van der Waals surface area contributed by atoms with Crippen molar-refractivity contribution in [2.45, 2.75) is 45.8 Å². The summed E-state index contributed by atoms with van der Waals surface area (Å²) in [6.45, 7) is 9.65. The van der Waals surface area contributed by atoms with Crippen LogP contribution in [0.4, 0.5) is 4.39 Å². The molecule has 2 heterocycles. The van der Waals surface area contributed by atoms with E-state index in [1.54, 1.807) is 6.92 Å². The van der Waals surface area contributed by atoms with Gasteiger partial charge in [-0.1, -0.05) is 11.8 Å². The highest BCUT2D eigenvalue weighted by atomic mass is 32.1. The fourth-order valence-corrected chi connectivity index (χ4v) is 2.87. The number of hydrogen-bond acceptors (Lipinski definition) is 4. The van der Waals surface area contributed by atoms with Crippen LogP contribution in [-0.4, -0.2) is 24.9 Å². The van der Waals surface area contributed by atoms with Gasteiger partial charge < -0.3 is 15.0 Å². The monoisotopic (exact) mass is 321 g/mol. The number of rotatable bonds is 2. The van der Waals surface area contributed by atoms with Crippen LogP contribution < -0.4 is 5.73 Å². The topological polar surface area (TPSA) is 44.5 Å². The summed E-state index contributed by atoms with van der Waals surface area (Å²) < 4.78 is 26.2. The Bertz CT molecular complexity index is 639. The summed E-state index contributed by atoms with van der Waals surface area (Å²) in [6, 6.07) is 3.72. The molecular formula is C16H21BFNO2S. The molecule has 0 aliphatic carbocycles. The summed E-state index contributed by atoms with van der Waals surface area (Å²) in [5, 5.41) is 0. The van der Waals surface area contributed by atoms with Crippen molar-refractivity contribution in [3.63, 3.8) is 0 Å².